The zero-order chi connectivity index (χ0) is 24.0. The minimum Gasteiger partial charge on any atom is -0.368 e. The van der Waals surface area contributed by atoms with Crippen LogP contribution < -0.4 is 21.0 Å². The van der Waals surface area contributed by atoms with Crippen LogP contribution in [0.15, 0.2) is 58.1 Å². The molecule has 0 radical (unpaired) electrons. The normalized spacial score (nSPS) is 14.2. The molecule has 3 heterocycles. The van der Waals surface area contributed by atoms with E-state index in [0.717, 1.165) is 52.6 Å². The highest BCUT2D eigenvalue weighted by atomic mass is 35.5. The molecule has 0 unspecified atom stereocenters. The van der Waals surface area contributed by atoms with Gasteiger partial charge in [-0.25, -0.2) is 4.79 Å². The predicted octanol–water partition coefficient (Wildman–Crippen LogP) is 2.77. The molecule has 0 aliphatic carbocycles. The second-order valence-corrected chi connectivity index (χ2v) is 9.26. The maximum atomic E-state index is 13.2. The summed E-state index contributed by atoms with van der Waals surface area (Å²) in [6, 6.07) is 16.1. The quantitative estimate of drug-likeness (QED) is 0.451. The second-order valence-electron chi connectivity index (χ2n) is 8.82. The smallest absolute Gasteiger partial charge is 0.332 e. The van der Waals surface area contributed by atoms with Crippen molar-refractivity contribution >= 4 is 34.4 Å². The van der Waals surface area contributed by atoms with Crippen molar-refractivity contribution in [3.8, 4) is 0 Å². The van der Waals surface area contributed by atoms with Gasteiger partial charge in [0.25, 0.3) is 5.56 Å². The Balaban J connectivity index is 1.56. The Morgan fingerprint density at radius 3 is 2.32 bits per heavy atom. The average molecular weight is 479 g/mol. The van der Waals surface area contributed by atoms with Gasteiger partial charge in [-0.2, -0.15) is 4.98 Å². The van der Waals surface area contributed by atoms with Crippen LogP contribution in [0.25, 0.3) is 11.2 Å². The van der Waals surface area contributed by atoms with E-state index in [1.54, 1.807) is 7.05 Å². The number of halogens is 1. The lowest BCUT2D eigenvalue weighted by Crippen LogP contribution is -2.47. The number of anilines is 2. The van der Waals surface area contributed by atoms with Gasteiger partial charge in [-0.05, 0) is 30.7 Å². The third kappa shape index (κ3) is 3.88. The molecule has 1 aliphatic rings. The Morgan fingerprint density at radius 1 is 0.912 bits per heavy atom. The van der Waals surface area contributed by atoms with Crippen molar-refractivity contribution in [3.05, 3.63) is 85.5 Å². The molecule has 2 aromatic heterocycles. The van der Waals surface area contributed by atoms with Gasteiger partial charge in [-0.3, -0.25) is 18.5 Å². The van der Waals surface area contributed by atoms with E-state index in [0.29, 0.717) is 23.7 Å². The summed E-state index contributed by atoms with van der Waals surface area (Å²) >= 11 is 6.19. The zero-order valence-electron chi connectivity index (χ0n) is 19.5. The number of hydrogen-bond acceptors (Lipinski definition) is 5. The van der Waals surface area contributed by atoms with E-state index in [9.17, 15) is 9.59 Å². The van der Waals surface area contributed by atoms with Crippen molar-refractivity contribution in [2.45, 2.75) is 13.5 Å². The fraction of sp³-hybridized carbons (Fsp3) is 0.320. The highest BCUT2D eigenvalue weighted by molar-refractivity contribution is 6.30. The van der Waals surface area contributed by atoms with E-state index in [1.807, 2.05) is 47.9 Å². The molecule has 1 fully saturated rings. The first kappa shape index (κ1) is 22.3. The van der Waals surface area contributed by atoms with Crippen LogP contribution in [-0.4, -0.2) is 44.9 Å². The van der Waals surface area contributed by atoms with E-state index in [-0.39, 0.29) is 11.2 Å². The first-order valence-corrected chi connectivity index (χ1v) is 11.7. The molecule has 0 amide bonds. The summed E-state index contributed by atoms with van der Waals surface area (Å²) in [5, 5.41) is 0.719. The van der Waals surface area contributed by atoms with Crippen LogP contribution >= 0.6 is 11.6 Å². The highest BCUT2D eigenvalue weighted by Gasteiger charge is 2.26. The van der Waals surface area contributed by atoms with Crippen molar-refractivity contribution in [1.29, 1.82) is 0 Å². The summed E-state index contributed by atoms with van der Waals surface area (Å²) in [5.41, 5.74) is 3.47. The molecule has 34 heavy (non-hydrogen) atoms. The van der Waals surface area contributed by atoms with Crippen LogP contribution in [0.1, 0.15) is 11.1 Å². The number of rotatable bonds is 4. The Hall–Kier alpha value is -3.52. The molecule has 0 spiro atoms. The number of aromatic nitrogens is 4. The summed E-state index contributed by atoms with van der Waals surface area (Å²) in [7, 11) is 3.17. The molecule has 8 nitrogen and oxygen atoms in total. The lowest BCUT2D eigenvalue weighted by atomic mass is 10.1. The second kappa shape index (κ2) is 8.68. The Morgan fingerprint density at radius 2 is 1.62 bits per heavy atom. The Kier molecular flexibility index (Phi) is 5.69. The van der Waals surface area contributed by atoms with Gasteiger partial charge in [0.2, 0.25) is 5.95 Å². The molecule has 9 heteroatoms. The molecule has 5 rings (SSSR count). The first-order valence-electron chi connectivity index (χ1n) is 11.3. The zero-order valence-corrected chi connectivity index (χ0v) is 20.3. The van der Waals surface area contributed by atoms with E-state index in [1.165, 1.54) is 11.6 Å². The number of nitrogens with zero attached hydrogens (tertiary/aromatic N) is 6. The topological polar surface area (TPSA) is 68.3 Å². The summed E-state index contributed by atoms with van der Waals surface area (Å²) in [6.07, 6.45) is 0. The number of hydrogen-bond donors (Lipinski definition) is 0. The Labute approximate surface area is 202 Å². The summed E-state index contributed by atoms with van der Waals surface area (Å²) in [4.78, 5) is 35.1. The average Bonchev–Trinajstić information content (AvgIpc) is 3.21. The maximum Gasteiger partial charge on any atom is 0.332 e. The molecule has 1 aliphatic heterocycles. The van der Waals surface area contributed by atoms with Gasteiger partial charge in [0, 0.05) is 51.0 Å². The fourth-order valence-corrected chi connectivity index (χ4v) is 4.84. The molecule has 0 bridgehead atoms. The van der Waals surface area contributed by atoms with Crippen LogP contribution in [-0.2, 0) is 20.6 Å². The van der Waals surface area contributed by atoms with E-state index >= 15 is 0 Å². The van der Waals surface area contributed by atoms with E-state index < -0.39 is 0 Å². The molecule has 2 aromatic carbocycles. The standard InChI is InChI=1S/C25H27ClN6O2/c1-17-6-4-7-18(14-17)16-32-21-22(28(2)25(34)29(3)23(21)33)27-24(32)31-12-10-30(11-13-31)20-9-5-8-19(26)15-20/h4-9,14-15H,10-13,16H2,1-3H3. The third-order valence-corrected chi connectivity index (χ3v) is 6.72. The third-order valence-electron chi connectivity index (χ3n) is 6.49. The first-order chi connectivity index (χ1) is 16.3. The molecular weight excluding hydrogens is 452 g/mol. The van der Waals surface area contributed by atoms with Crippen molar-refractivity contribution in [2.75, 3.05) is 36.0 Å². The summed E-state index contributed by atoms with van der Waals surface area (Å²) in [5.74, 6) is 0.709. The molecular formula is C25H27ClN6O2. The van der Waals surface area contributed by atoms with E-state index in [2.05, 4.69) is 21.9 Å². The number of fused-ring (bicyclic) bond motifs is 1. The van der Waals surface area contributed by atoms with Crippen LogP contribution in [0.2, 0.25) is 5.02 Å². The summed E-state index contributed by atoms with van der Waals surface area (Å²) < 4.78 is 4.56. The van der Waals surface area contributed by atoms with Gasteiger partial charge in [0.15, 0.2) is 11.2 Å². The molecule has 4 aromatic rings. The number of aryl methyl sites for hydroxylation is 2. The summed E-state index contributed by atoms with van der Waals surface area (Å²) in [6.45, 7) is 5.61. The largest absolute Gasteiger partial charge is 0.368 e. The lowest BCUT2D eigenvalue weighted by molar-refractivity contribution is 0.625. The Bertz CT molecular complexity index is 1490. The fourth-order valence-electron chi connectivity index (χ4n) is 4.66. The molecule has 0 N–H and O–H groups in total. The number of piperazine rings is 1. The molecule has 0 atom stereocenters. The van der Waals surface area contributed by atoms with Crippen LogP contribution in [0.4, 0.5) is 11.6 Å². The van der Waals surface area contributed by atoms with Crippen molar-refractivity contribution < 1.29 is 0 Å². The predicted molar refractivity (Wildman–Crippen MR) is 136 cm³/mol. The van der Waals surface area contributed by atoms with Crippen molar-refractivity contribution in [2.24, 2.45) is 14.1 Å². The van der Waals surface area contributed by atoms with Gasteiger partial charge in [0.05, 0.1) is 6.54 Å². The molecule has 0 saturated carbocycles. The van der Waals surface area contributed by atoms with Crippen LogP contribution in [0.5, 0.6) is 0 Å². The van der Waals surface area contributed by atoms with Crippen LogP contribution in [0, 0.1) is 6.92 Å². The highest BCUT2D eigenvalue weighted by Crippen LogP contribution is 2.25. The van der Waals surface area contributed by atoms with E-state index in [4.69, 9.17) is 16.6 Å². The van der Waals surface area contributed by atoms with Gasteiger partial charge < -0.3 is 9.80 Å². The number of imidazole rings is 1. The van der Waals surface area contributed by atoms with Gasteiger partial charge in [-0.15, -0.1) is 0 Å². The van der Waals surface area contributed by atoms with Crippen molar-refractivity contribution in [1.82, 2.24) is 18.7 Å². The lowest BCUT2D eigenvalue weighted by Gasteiger charge is -2.36. The van der Waals surface area contributed by atoms with Gasteiger partial charge in [0.1, 0.15) is 0 Å². The van der Waals surface area contributed by atoms with Gasteiger partial charge >= 0.3 is 5.69 Å². The maximum absolute atomic E-state index is 13.2. The monoisotopic (exact) mass is 478 g/mol. The molecule has 1 saturated heterocycles. The van der Waals surface area contributed by atoms with Gasteiger partial charge in [-0.1, -0.05) is 47.5 Å². The minimum atomic E-state index is -0.380. The number of benzene rings is 2. The molecule has 176 valence electrons. The van der Waals surface area contributed by atoms with Crippen molar-refractivity contribution in [3.63, 3.8) is 0 Å². The minimum absolute atomic E-state index is 0.331. The van der Waals surface area contributed by atoms with Crippen LogP contribution in [0.3, 0.4) is 0 Å². The SMILES string of the molecule is Cc1cccc(Cn2c(N3CCN(c4cccc(Cl)c4)CC3)nc3c2c(=O)n(C)c(=O)n3C)c1.